The van der Waals surface area contributed by atoms with Crippen LogP contribution in [0.4, 0.5) is 0 Å². The van der Waals surface area contributed by atoms with Crippen molar-refractivity contribution in [3.05, 3.63) is 56.9 Å². The first kappa shape index (κ1) is 23.5. The van der Waals surface area contributed by atoms with Crippen molar-refractivity contribution in [1.29, 1.82) is 0 Å². The number of unbranched alkanes of at least 4 members (excludes halogenated alkanes) is 2. The average Bonchev–Trinajstić information content (AvgIpc) is 3.20. The van der Waals surface area contributed by atoms with Crippen LogP contribution in [0.15, 0.2) is 29.1 Å². The molecule has 1 atom stereocenters. The third-order valence-corrected chi connectivity index (χ3v) is 7.35. The highest BCUT2D eigenvalue weighted by Gasteiger charge is 2.45. The molecule has 8 nitrogen and oxygen atoms in total. The quantitative estimate of drug-likeness (QED) is 0.310. The third kappa shape index (κ3) is 3.72. The number of nitrogens with zero attached hydrogens (tertiary/aromatic N) is 3. The first-order chi connectivity index (χ1) is 16.8. The molecule has 2 N–H and O–H groups in total. The summed E-state index contributed by atoms with van der Waals surface area (Å²) in [6.45, 7) is 5.58. The standard InChI is InChI=1S/C27H31N3O5/c1-4-6-7-10-29(3)14-18-17-11-16-13-30-22(24(16)28-21(17)8-9-23(18)31)12-20-19(25(30)32)15-35-26(33)27(20,34)5-2/h8-9,11-12,31,34H,4-7,10,13-15H2,1-3H3. The maximum Gasteiger partial charge on any atom is 0.343 e. The van der Waals surface area contributed by atoms with E-state index < -0.39 is 11.6 Å². The number of carbonyl (C=O) groups excluding carboxylic acids is 1. The number of aromatic nitrogens is 2. The Morgan fingerprint density at radius 2 is 2.00 bits per heavy atom. The molecule has 0 radical (unpaired) electrons. The number of cyclic esters (lactones) is 1. The van der Waals surface area contributed by atoms with E-state index in [4.69, 9.17) is 9.72 Å². The first-order valence-corrected chi connectivity index (χ1v) is 12.3. The van der Waals surface area contributed by atoms with Gasteiger partial charge in [0.05, 0.1) is 29.0 Å². The van der Waals surface area contributed by atoms with Crippen LogP contribution < -0.4 is 5.56 Å². The summed E-state index contributed by atoms with van der Waals surface area (Å²) < 4.78 is 6.77. The number of pyridine rings is 2. The van der Waals surface area contributed by atoms with Crippen LogP contribution in [0, 0.1) is 0 Å². The Morgan fingerprint density at radius 3 is 2.74 bits per heavy atom. The minimum Gasteiger partial charge on any atom is -0.508 e. The Labute approximate surface area is 203 Å². The van der Waals surface area contributed by atoms with Gasteiger partial charge in [-0.1, -0.05) is 26.7 Å². The Kier molecular flexibility index (Phi) is 5.89. The van der Waals surface area contributed by atoms with Crippen LogP contribution in [-0.2, 0) is 34.8 Å². The van der Waals surface area contributed by atoms with E-state index in [-0.39, 0.29) is 24.3 Å². The van der Waals surface area contributed by atoms with E-state index in [2.05, 4.69) is 11.8 Å². The molecule has 35 heavy (non-hydrogen) atoms. The van der Waals surface area contributed by atoms with E-state index in [1.165, 1.54) is 6.42 Å². The number of ether oxygens (including phenoxy) is 1. The lowest BCUT2D eigenvalue weighted by Crippen LogP contribution is -2.44. The number of hydrogen-bond donors (Lipinski definition) is 2. The number of rotatable bonds is 7. The minimum atomic E-state index is -1.84. The molecule has 1 aromatic carbocycles. The zero-order chi connectivity index (χ0) is 24.9. The molecule has 5 rings (SSSR count). The van der Waals surface area contributed by atoms with Gasteiger partial charge in [-0.3, -0.25) is 4.79 Å². The normalized spacial score (nSPS) is 18.5. The van der Waals surface area contributed by atoms with Crippen LogP contribution in [0.3, 0.4) is 0 Å². The summed E-state index contributed by atoms with van der Waals surface area (Å²) in [7, 11) is 2.05. The molecule has 4 heterocycles. The van der Waals surface area contributed by atoms with Gasteiger partial charge in [-0.2, -0.15) is 0 Å². The number of esters is 1. The zero-order valence-corrected chi connectivity index (χ0v) is 20.4. The van der Waals surface area contributed by atoms with E-state index in [9.17, 15) is 19.8 Å². The summed E-state index contributed by atoms with van der Waals surface area (Å²) in [5, 5.41) is 22.6. The van der Waals surface area contributed by atoms with E-state index in [0.29, 0.717) is 35.6 Å². The second-order valence-corrected chi connectivity index (χ2v) is 9.67. The summed E-state index contributed by atoms with van der Waals surface area (Å²) in [5.41, 5.74) is 2.14. The van der Waals surface area contributed by atoms with Crippen molar-refractivity contribution in [2.45, 2.75) is 64.8 Å². The first-order valence-electron chi connectivity index (χ1n) is 12.3. The smallest absolute Gasteiger partial charge is 0.343 e. The molecule has 0 saturated heterocycles. The molecule has 2 aliphatic rings. The fourth-order valence-corrected chi connectivity index (χ4v) is 5.25. The van der Waals surface area contributed by atoms with Gasteiger partial charge in [0.2, 0.25) is 0 Å². The number of phenolic OH excluding ortho intramolecular Hbond substituents is 1. The maximum absolute atomic E-state index is 13.4. The molecule has 3 aromatic rings. The number of phenols is 1. The second kappa shape index (κ2) is 8.77. The van der Waals surface area contributed by atoms with Crippen molar-refractivity contribution in [3.8, 4) is 17.1 Å². The van der Waals surface area contributed by atoms with Crippen molar-refractivity contribution in [2.24, 2.45) is 0 Å². The third-order valence-electron chi connectivity index (χ3n) is 7.35. The molecule has 0 amide bonds. The van der Waals surface area contributed by atoms with Crippen LogP contribution in [0.5, 0.6) is 5.75 Å². The largest absolute Gasteiger partial charge is 0.508 e. The Balaban J connectivity index is 1.60. The van der Waals surface area contributed by atoms with Gasteiger partial charge in [-0.25, -0.2) is 9.78 Å². The summed E-state index contributed by atoms with van der Waals surface area (Å²) in [4.78, 5) is 32.8. The predicted octanol–water partition coefficient (Wildman–Crippen LogP) is 3.41. The van der Waals surface area contributed by atoms with Crippen molar-refractivity contribution in [1.82, 2.24) is 14.5 Å². The molecule has 1 unspecified atom stereocenters. The lowest BCUT2D eigenvalue weighted by molar-refractivity contribution is -0.172. The van der Waals surface area contributed by atoms with E-state index in [1.807, 2.05) is 13.1 Å². The van der Waals surface area contributed by atoms with Crippen LogP contribution in [-0.4, -0.2) is 44.2 Å². The van der Waals surface area contributed by atoms with Crippen LogP contribution in [0.2, 0.25) is 0 Å². The molecule has 184 valence electrons. The van der Waals surface area contributed by atoms with Crippen molar-refractivity contribution in [2.75, 3.05) is 13.6 Å². The molecule has 8 heteroatoms. The number of hydrogen-bond acceptors (Lipinski definition) is 7. The molecule has 0 fully saturated rings. The average molecular weight is 478 g/mol. The SMILES string of the molecule is CCCCCN(C)Cc1c(O)ccc2nc3c(cc12)Cn1c-3cc2c(c1=O)COC(=O)C2(O)CC. The molecule has 0 aliphatic carbocycles. The van der Waals surface area contributed by atoms with Gasteiger partial charge in [-0.05, 0) is 50.7 Å². The van der Waals surface area contributed by atoms with Crippen molar-refractivity contribution >= 4 is 16.9 Å². The molecular formula is C27H31N3O5. The number of aromatic hydroxyl groups is 1. The molecular weight excluding hydrogens is 446 g/mol. The van der Waals surface area contributed by atoms with Gasteiger partial charge in [0.1, 0.15) is 12.4 Å². The Morgan fingerprint density at radius 1 is 1.20 bits per heavy atom. The summed E-state index contributed by atoms with van der Waals surface area (Å²) in [6.07, 6.45) is 3.53. The molecule has 0 spiro atoms. The van der Waals surface area contributed by atoms with Crippen molar-refractivity contribution < 1.29 is 19.7 Å². The van der Waals surface area contributed by atoms with Gasteiger partial charge in [-0.15, -0.1) is 0 Å². The molecule has 0 bridgehead atoms. The number of fused-ring (bicyclic) bond motifs is 5. The topological polar surface area (TPSA) is 105 Å². The monoisotopic (exact) mass is 477 g/mol. The summed E-state index contributed by atoms with van der Waals surface area (Å²) in [5.74, 6) is -0.502. The number of carbonyl (C=O) groups is 1. The summed E-state index contributed by atoms with van der Waals surface area (Å²) >= 11 is 0. The van der Waals surface area contributed by atoms with Crippen LogP contribution in [0.1, 0.15) is 61.8 Å². The Hall–Kier alpha value is -3.23. The second-order valence-electron chi connectivity index (χ2n) is 9.67. The number of benzene rings is 1. The zero-order valence-electron chi connectivity index (χ0n) is 20.4. The van der Waals surface area contributed by atoms with Gasteiger partial charge in [0.25, 0.3) is 5.56 Å². The Bertz CT molecular complexity index is 1400. The highest BCUT2D eigenvalue weighted by molar-refractivity contribution is 5.89. The van der Waals surface area contributed by atoms with E-state index in [0.717, 1.165) is 41.4 Å². The highest BCUT2D eigenvalue weighted by atomic mass is 16.6. The highest BCUT2D eigenvalue weighted by Crippen LogP contribution is 2.39. The maximum atomic E-state index is 13.4. The van der Waals surface area contributed by atoms with Gasteiger partial charge in [0.15, 0.2) is 5.60 Å². The molecule has 2 aromatic heterocycles. The lowest BCUT2D eigenvalue weighted by Gasteiger charge is -2.31. The molecule has 2 aliphatic heterocycles. The van der Waals surface area contributed by atoms with E-state index in [1.54, 1.807) is 29.7 Å². The van der Waals surface area contributed by atoms with Gasteiger partial charge < -0.3 is 24.4 Å². The lowest BCUT2D eigenvalue weighted by atomic mass is 9.86. The molecule has 0 saturated carbocycles. The summed E-state index contributed by atoms with van der Waals surface area (Å²) in [6, 6.07) is 7.17. The van der Waals surface area contributed by atoms with Gasteiger partial charge in [0, 0.05) is 28.6 Å². The van der Waals surface area contributed by atoms with Crippen LogP contribution in [0.25, 0.3) is 22.3 Å². The number of aliphatic hydroxyl groups is 1. The fraction of sp³-hybridized carbons (Fsp3) is 0.444. The van der Waals surface area contributed by atoms with Crippen LogP contribution >= 0.6 is 0 Å². The van der Waals surface area contributed by atoms with E-state index >= 15 is 0 Å². The van der Waals surface area contributed by atoms with Gasteiger partial charge >= 0.3 is 5.97 Å². The minimum absolute atomic E-state index is 0.105. The fourth-order valence-electron chi connectivity index (χ4n) is 5.25. The predicted molar refractivity (Wildman–Crippen MR) is 132 cm³/mol. The van der Waals surface area contributed by atoms with Crippen molar-refractivity contribution in [3.63, 3.8) is 0 Å².